The molecule has 2 aromatic rings. The molecule has 1 unspecified atom stereocenters. The zero-order valence-electron chi connectivity index (χ0n) is 13.9. The van der Waals surface area contributed by atoms with Crippen molar-refractivity contribution in [1.82, 2.24) is 9.80 Å². The van der Waals surface area contributed by atoms with Gasteiger partial charge in [-0.2, -0.15) is 0 Å². The second kappa shape index (κ2) is 6.77. The number of carbonyl (C=O) groups excluding carboxylic acids is 1. The Balaban J connectivity index is 1.67. The molecule has 1 saturated heterocycles. The molecule has 0 bridgehead atoms. The summed E-state index contributed by atoms with van der Waals surface area (Å²) >= 11 is 6.13. The highest BCUT2D eigenvalue weighted by Crippen LogP contribution is 2.35. The predicted octanol–water partition coefficient (Wildman–Crippen LogP) is 4.14. The van der Waals surface area contributed by atoms with Crippen LogP contribution in [0, 0.1) is 5.82 Å². The van der Waals surface area contributed by atoms with Gasteiger partial charge in [0.15, 0.2) is 0 Å². The molecule has 4 rings (SSSR count). The molecule has 5 heteroatoms. The fourth-order valence-corrected chi connectivity index (χ4v) is 3.87. The van der Waals surface area contributed by atoms with Crippen LogP contribution in [-0.4, -0.2) is 41.4 Å². The zero-order valence-corrected chi connectivity index (χ0v) is 14.6. The molecule has 0 spiro atoms. The highest BCUT2D eigenvalue weighted by Gasteiger charge is 2.38. The van der Waals surface area contributed by atoms with Crippen molar-refractivity contribution in [2.45, 2.75) is 24.9 Å². The van der Waals surface area contributed by atoms with E-state index >= 15 is 0 Å². The lowest BCUT2D eigenvalue weighted by Gasteiger charge is -2.42. The van der Waals surface area contributed by atoms with Gasteiger partial charge in [0.2, 0.25) is 0 Å². The first-order chi connectivity index (χ1) is 12.1. The summed E-state index contributed by atoms with van der Waals surface area (Å²) in [7, 11) is 0. The van der Waals surface area contributed by atoms with Gasteiger partial charge in [-0.25, -0.2) is 4.39 Å². The third kappa shape index (κ3) is 3.29. The Kier molecular flexibility index (Phi) is 4.48. The summed E-state index contributed by atoms with van der Waals surface area (Å²) in [5, 5.41) is 0.168. The average molecular weight is 359 g/mol. The number of carbonyl (C=O) groups is 1. The number of amides is 1. The summed E-state index contributed by atoms with van der Waals surface area (Å²) in [5.74, 6) is -0.888. The van der Waals surface area contributed by atoms with E-state index in [4.69, 9.17) is 11.6 Å². The minimum Gasteiger partial charge on any atom is -0.329 e. The maximum absolute atomic E-state index is 14.3. The van der Waals surface area contributed by atoms with E-state index < -0.39 is 5.82 Å². The van der Waals surface area contributed by atoms with Gasteiger partial charge in [0.05, 0.1) is 16.6 Å². The molecule has 0 radical (unpaired) electrons. The molecule has 1 saturated carbocycles. The molecule has 130 valence electrons. The molecule has 1 aliphatic carbocycles. The first-order valence-corrected chi connectivity index (χ1v) is 9.07. The fourth-order valence-electron chi connectivity index (χ4n) is 3.62. The lowest BCUT2D eigenvalue weighted by molar-refractivity contribution is 0.0429. The molecule has 3 nitrogen and oxygen atoms in total. The molecule has 2 fully saturated rings. The monoisotopic (exact) mass is 358 g/mol. The highest BCUT2D eigenvalue weighted by atomic mass is 35.5. The summed E-state index contributed by atoms with van der Waals surface area (Å²) in [6, 6.07) is 14.9. The number of nitrogens with zero attached hydrogens (tertiary/aromatic N) is 2. The van der Waals surface area contributed by atoms with Crippen LogP contribution in [0.4, 0.5) is 4.39 Å². The summed E-state index contributed by atoms with van der Waals surface area (Å²) in [6.07, 6.45) is 2.46. The Bertz CT molecular complexity index is 758. The maximum Gasteiger partial charge on any atom is 0.258 e. The van der Waals surface area contributed by atoms with Gasteiger partial charge in [-0.1, -0.05) is 48.0 Å². The van der Waals surface area contributed by atoms with Crippen LogP contribution < -0.4 is 0 Å². The van der Waals surface area contributed by atoms with Gasteiger partial charge in [-0.15, -0.1) is 0 Å². The second-order valence-electron chi connectivity index (χ2n) is 6.75. The van der Waals surface area contributed by atoms with Gasteiger partial charge in [-0.05, 0) is 30.5 Å². The molecule has 25 heavy (non-hydrogen) atoms. The SMILES string of the molecule is O=C(c1c(F)cccc1Cl)N1CCN(C2CC2)CC1c1ccccc1. The molecule has 1 aliphatic heterocycles. The largest absolute Gasteiger partial charge is 0.329 e. The normalized spacial score (nSPS) is 21.4. The van der Waals surface area contributed by atoms with E-state index in [1.807, 2.05) is 30.3 Å². The van der Waals surface area contributed by atoms with Crippen LogP contribution in [0.5, 0.6) is 0 Å². The molecular weight excluding hydrogens is 339 g/mol. The molecule has 0 N–H and O–H groups in total. The molecule has 1 amide bonds. The third-order valence-corrected chi connectivity index (χ3v) is 5.41. The van der Waals surface area contributed by atoms with E-state index in [-0.39, 0.29) is 22.5 Å². The van der Waals surface area contributed by atoms with E-state index in [0.29, 0.717) is 12.6 Å². The first-order valence-electron chi connectivity index (χ1n) is 8.69. The van der Waals surface area contributed by atoms with E-state index in [2.05, 4.69) is 4.90 Å². The van der Waals surface area contributed by atoms with Gasteiger partial charge in [0.1, 0.15) is 5.82 Å². The van der Waals surface area contributed by atoms with Crippen LogP contribution >= 0.6 is 11.6 Å². The summed E-state index contributed by atoms with van der Waals surface area (Å²) in [5.41, 5.74) is 1.05. The van der Waals surface area contributed by atoms with Gasteiger partial charge in [0.25, 0.3) is 5.91 Å². The number of hydrogen-bond acceptors (Lipinski definition) is 2. The molecule has 1 heterocycles. The van der Waals surface area contributed by atoms with Gasteiger partial charge in [-0.3, -0.25) is 9.69 Å². The van der Waals surface area contributed by atoms with E-state index in [1.54, 1.807) is 11.0 Å². The van der Waals surface area contributed by atoms with Crippen LogP contribution in [0.3, 0.4) is 0 Å². The van der Waals surface area contributed by atoms with Crippen LogP contribution in [0.15, 0.2) is 48.5 Å². The third-order valence-electron chi connectivity index (χ3n) is 5.10. The van der Waals surface area contributed by atoms with Crippen molar-refractivity contribution >= 4 is 17.5 Å². The van der Waals surface area contributed by atoms with Crippen molar-refractivity contribution in [2.75, 3.05) is 19.6 Å². The first kappa shape index (κ1) is 16.6. The van der Waals surface area contributed by atoms with Crippen LogP contribution in [0.25, 0.3) is 0 Å². The lowest BCUT2D eigenvalue weighted by Crippen LogP contribution is -2.51. The number of benzene rings is 2. The van der Waals surface area contributed by atoms with E-state index in [1.165, 1.54) is 25.0 Å². The van der Waals surface area contributed by atoms with Crippen LogP contribution in [-0.2, 0) is 0 Å². The van der Waals surface area contributed by atoms with Crippen molar-refractivity contribution < 1.29 is 9.18 Å². The lowest BCUT2D eigenvalue weighted by atomic mass is 10.0. The van der Waals surface area contributed by atoms with Crippen LogP contribution in [0.2, 0.25) is 5.02 Å². The van der Waals surface area contributed by atoms with Gasteiger partial charge >= 0.3 is 0 Å². The summed E-state index contributed by atoms with van der Waals surface area (Å²) in [6.45, 7) is 2.19. The summed E-state index contributed by atoms with van der Waals surface area (Å²) < 4.78 is 14.3. The Morgan fingerprint density at radius 2 is 1.80 bits per heavy atom. The molecule has 2 aliphatic rings. The molecular formula is C20H20ClFN2O. The zero-order chi connectivity index (χ0) is 17.4. The van der Waals surface area contributed by atoms with Crippen molar-refractivity contribution in [1.29, 1.82) is 0 Å². The number of rotatable bonds is 3. The van der Waals surface area contributed by atoms with Crippen molar-refractivity contribution in [3.05, 3.63) is 70.5 Å². The van der Waals surface area contributed by atoms with Crippen LogP contribution in [0.1, 0.15) is 34.8 Å². The Labute approximate surface area is 152 Å². The molecule has 0 aromatic heterocycles. The van der Waals surface area contributed by atoms with E-state index in [9.17, 15) is 9.18 Å². The molecule has 2 aromatic carbocycles. The van der Waals surface area contributed by atoms with Crippen molar-refractivity contribution in [3.8, 4) is 0 Å². The Morgan fingerprint density at radius 3 is 2.48 bits per heavy atom. The van der Waals surface area contributed by atoms with Gasteiger partial charge in [0, 0.05) is 25.7 Å². The summed E-state index contributed by atoms with van der Waals surface area (Å²) in [4.78, 5) is 17.3. The number of hydrogen-bond donors (Lipinski definition) is 0. The highest BCUT2D eigenvalue weighted by molar-refractivity contribution is 6.33. The smallest absolute Gasteiger partial charge is 0.258 e. The van der Waals surface area contributed by atoms with Gasteiger partial charge < -0.3 is 4.90 Å². The van der Waals surface area contributed by atoms with Crippen molar-refractivity contribution in [2.24, 2.45) is 0 Å². The minimum atomic E-state index is -0.561. The number of halogens is 2. The maximum atomic E-state index is 14.3. The Morgan fingerprint density at radius 1 is 1.04 bits per heavy atom. The van der Waals surface area contributed by atoms with E-state index in [0.717, 1.165) is 18.7 Å². The predicted molar refractivity (Wildman–Crippen MR) is 96.2 cm³/mol. The standard InChI is InChI=1S/C20H20ClFN2O/c21-16-7-4-8-17(22)19(16)20(25)24-12-11-23(15-9-10-15)13-18(24)14-5-2-1-3-6-14/h1-8,15,18H,9-13H2. The molecule has 1 atom stereocenters. The second-order valence-corrected chi connectivity index (χ2v) is 7.15. The van der Waals surface area contributed by atoms with Crippen molar-refractivity contribution in [3.63, 3.8) is 0 Å². The Hall–Kier alpha value is -1.91. The quantitative estimate of drug-likeness (QED) is 0.823. The number of piperazine rings is 1. The minimum absolute atomic E-state index is 0.0232. The average Bonchev–Trinajstić information content (AvgIpc) is 3.47. The topological polar surface area (TPSA) is 23.6 Å². The fraction of sp³-hybridized carbons (Fsp3) is 0.350.